The molecular weight excluding hydrogens is 204 g/mol. The number of benzene rings is 1. The van der Waals surface area contributed by atoms with Gasteiger partial charge in [0.2, 0.25) is 0 Å². The van der Waals surface area contributed by atoms with Crippen LogP contribution in [0.15, 0.2) is 24.3 Å². The van der Waals surface area contributed by atoms with Crippen molar-refractivity contribution < 1.29 is 14.9 Å². The molecule has 0 spiro atoms. The first-order valence-electron chi connectivity index (χ1n) is 5.47. The normalized spacial score (nSPS) is 13.6. The van der Waals surface area contributed by atoms with Crippen LogP contribution in [0.5, 0.6) is 5.75 Å². The molecule has 0 aliphatic heterocycles. The van der Waals surface area contributed by atoms with Crippen molar-refractivity contribution in [1.29, 1.82) is 0 Å². The summed E-state index contributed by atoms with van der Waals surface area (Å²) in [5.74, 6) is 0.707. The van der Waals surface area contributed by atoms with E-state index in [0.717, 1.165) is 5.56 Å². The van der Waals surface area contributed by atoms with Gasteiger partial charge in [-0.2, -0.15) is 0 Å². The molecule has 1 aromatic rings. The Balaban J connectivity index is 2.71. The molecule has 1 atom stereocenters. The van der Waals surface area contributed by atoms with Crippen molar-refractivity contribution in [3.8, 4) is 5.75 Å². The molecule has 1 unspecified atom stereocenters. The van der Waals surface area contributed by atoms with Crippen molar-refractivity contribution in [2.75, 3.05) is 13.2 Å². The molecule has 16 heavy (non-hydrogen) atoms. The van der Waals surface area contributed by atoms with E-state index in [-0.39, 0.29) is 12.0 Å². The van der Waals surface area contributed by atoms with Crippen LogP contribution in [0, 0.1) is 5.41 Å². The van der Waals surface area contributed by atoms with Gasteiger partial charge in [-0.3, -0.25) is 0 Å². The first-order valence-corrected chi connectivity index (χ1v) is 5.47. The molecule has 0 aliphatic rings. The topological polar surface area (TPSA) is 49.7 Å². The lowest BCUT2D eigenvalue weighted by Gasteiger charge is -2.26. The minimum absolute atomic E-state index is 0.00632. The summed E-state index contributed by atoms with van der Waals surface area (Å²) in [4.78, 5) is 0. The summed E-state index contributed by atoms with van der Waals surface area (Å²) in [5, 5.41) is 18.7. The van der Waals surface area contributed by atoms with Gasteiger partial charge in [-0.25, -0.2) is 0 Å². The van der Waals surface area contributed by atoms with Crippen LogP contribution in [-0.2, 0) is 0 Å². The summed E-state index contributed by atoms with van der Waals surface area (Å²) in [6.45, 7) is 6.28. The van der Waals surface area contributed by atoms with E-state index in [1.165, 1.54) is 0 Å². The predicted molar refractivity (Wildman–Crippen MR) is 63.4 cm³/mol. The van der Waals surface area contributed by atoms with Crippen LogP contribution in [0.2, 0.25) is 0 Å². The van der Waals surface area contributed by atoms with E-state index < -0.39 is 6.10 Å². The highest BCUT2D eigenvalue weighted by Crippen LogP contribution is 2.32. The van der Waals surface area contributed by atoms with Crippen LogP contribution in [0.1, 0.15) is 32.4 Å². The van der Waals surface area contributed by atoms with Gasteiger partial charge in [-0.1, -0.05) is 32.9 Å². The summed E-state index contributed by atoms with van der Waals surface area (Å²) in [6.07, 6.45) is -0.487. The Morgan fingerprint density at radius 2 is 1.75 bits per heavy atom. The third-order valence-electron chi connectivity index (χ3n) is 2.38. The molecule has 0 aromatic heterocycles. The van der Waals surface area contributed by atoms with Crippen molar-refractivity contribution in [3.63, 3.8) is 0 Å². The molecule has 0 bridgehead atoms. The second kappa shape index (κ2) is 5.32. The maximum atomic E-state index is 10.0. The van der Waals surface area contributed by atoms with E-state index in [2.05, 4.69) is 0 Å². The Kier molecular flexibility index (Phi) is 4.33. The van der Waals surface area contributed by atoms with Gasteiger partial charge in [0.1, 0.15) is 12.4 Å². The van der Waals surface area contributed by atoms with Crippen molar-refractivity contribution in [1.82, 2.24) is 0 Å². The van der Waals surface area contributed by atoms with Crippen molar-refractivity contribution >= 4 is 0 Å². The Labute approximate surface area is 96.7 Å². The Morgan fingerprint density at radius 3 is 2.19 bits per heavy atom. The van der Waals surface area contributed by atoms with Gasteiger partial charge in [-0.05, 0) is 23.1 Å². The van der Waals surface area contributed by atoms with Crippen molar-refractivity contribution in [2.24, 2.45) is 5.41 Å². The fraction of sp³-hybridized carbons (Fsp3) is 0.538. The van der Waals surface area contributed by atoms with Gasteiger partial charge >= 0.3 is 0 Å². The highest BCUT2D eigenvalue weighted by atomic mass is 16.5. The van der Waals surface area contributed by atoms with Crippen LogP contribution in [0.25, 0.3) is 0 Å². The van der Waals surface area contributed by atoms with E-state index in [0.29, 0.717) is 12.4 Å². The molecular formula is C13H20O3. The number of rotatable bonds is 4. The zero-order chi connectivity index (χ0) is 12.2. The summed E-state index contributed by atoms with van der Waals surface area (Å²) in [5.41, 5.74) is 0.705. The van der Waals surface area contributed by atoms with E-state index in [1.54, 1.807) is 12.1 Å². The molecule has 0 saturated heterocycles. The van der Waals surface area contributed by atoms with Gasteiger partial charge < -0.3 is 14.9 Å². The molecule has 90 valence electrons. The second-order valence-corrected chi connectivity index (χ2v) is 4.91. The van der Waals surface area contributed by atoms with E-state index in [4.69, 9.17) is 9.84 Å². The molecule has 0 heterocycles. The maximum Gasteiger partial charge on any atom is 0.119 e. The van der Waals surface area contributed by atoms with Crippen molar-refractivity contribution in [2.45, 2.75) is 26.9 Å². The van der Waals surface area contributed by atoms with Gasteiger partial charge in [0, 0.05) is 0 Å². The van der Waals surface area contributed by atoms with Crippen LogP contribution in [0.3, 0.4) is 0 Å². The average molecular weight is 224 g/mol. The number of hydrogen-bond acceptors (Lipinski definition) is 3. The van der Waals surface area contributed by atoms with Crippen LogP contribution in [-0.4, -0.2) is 23.4 Å². The molecule has 1 aromatic carbocycles. The van der Waals surface area contributed by atoms with Gasteiger partial charge in [0.05, 0.1) is 12.7 Å². The summed E-state index contributed by atoms with van der Waals surface area (Å²) in [7, 11) is 0. The van der Waals surface area contributed by atoms with Crippen LogP contribution >= 0.6 is 0 Å². The highest BCUT2D eigenvalue weighted by Gasteiger charge is 2.23. The molecule has 3 heteroatoms. The Bertz CT molecular complexity index is 311. The minimum atomic E-state index is -0.487. The van der Waals surface area contributed by atoms with Crippen LogP contribution in [0.4, 0.5) is 0 Å². The molecule has 0 amide bonds. The third kappa shape index (κ3) is 3.51. The molecule has 0 radical (unpaired) electrons. The van der Waals surface area contributed by atoms with E-state index >= 15 is 0 Å². The number of ether oxygens (including phenoxy) is 1. The lowest BCUT2D eigenvalue weighted by molar-refractivity contribution is 0.0626. The van der Waals surface area contributed by atoms with E-state index in [1.807, 2.05) is 32.9 Å². The van der Waals surface area contributed by atoms with Crippen LogP contribution < -0.4 is 4.74 Å². The second-order valence-electron chi connectivity index (χ2n) is 4.91. The quantitative estimate of drug-likeness (QED) is 0.823. The minimum Gasteiger partial charge on any atom is -0.491 e. The smallest absolute Gasteiger partial charge is 0.119 e. The number of hydrogen-bond donors (Lipinski definition) is 2. The summed E-state index contributed by atoms with van der Waals surface area (Å²) in [6, 6.07) is 7.31. The van der Waals surface area contributed by atoms with E-state index in [9.17, 15) is 5.11 Å². The molecule has 1 rings (SSSR count). The first kappa shape index (κ1) is 13.0. The largest absolute Gasteiger partial charge is 0.491 e. The maximum absolute atomic E-state index is 10.0. The lowest BCUT2D eigenvalue weighted by atomic mass is 9.85. The fourth-order valence-corrected chi connectivity index (χ4v) is 1.41. The Hall–Kier alpha value is -1.06. The molecule has 0 saturated carbocycles. The zero-order valence-corrected chi connectivity index (χ0v) is 10.1. The highest BCUT2D eigenvalue weighted by molar-refractivity contribution is 5.29. The lowest BCUT2D eigenvalue weighted by Crippen LogP contribution is -2.17. The standard InChI is InChI=1S/C13H20O3/c1-13(2,3)12(15)10-4-6-11(7-5-10)16-9-8-14/h4-7,12,14-15H,8-9H2,1-3H3. The summed E-state index contributed by atoms with van der Waals surface area (Å²) < 4.78 is 5.24. The van der Waals surface area contributed by atoms with Gasteiger partial charge in [-0.15, -0.1) is 0 Å². The SMILES string of the molecule is CC(C)(C)C(O)c1ccc(OCCO)cc1. The predicted octanol–water partition coefficient (Wildman–Crippen LogP) is 2.14. The van der Waals surface area contributed by atoms with Crippen molar-refractivity contribution in [3.05, 3.63) is 29.8 Å². The monoisotopic (exact) mass is 224 g/mol. The first-order chi connectivity index (χ1) is 7.45. The third-order valence-corrected chi connectivity index (χ3v) is 2.38. The number of aliphatic hydroxyl groups is 2. The fourth-order valence-electron chi connectivity index (χ4n) is 1.41. The molecule has 2 N–H and O–H groups in total. The molecule has 3 nitrogen and oxygen atoms in total. The summed E-state index contributed by atoms with van der Waals surface area (Å²) >= 11 is 0. The molecule has 0 fully saturated rings. The zero-order valence-electron chi connectivity index (χ0n) is 10.1. The average Bonchev–Trinajstić information content (AvgIpc) is 2.25. The van der Waals surface area contributed by atoms with Gasteiger partial charge in [0.25, 0.3) is 0 Å². The Morgan fingerprint density at radius 1 is 1.19 bits per heavy atom. The number of aliphatic hydroxyl groups excluding tert-OH is 2. The van der Waals surface area contributed by atoms with Gasteiger partial charge in [0.15, 0.2) is 0 Å². The molecule has 0 aliphatic carbocycles.